The second kappa shape index (κ2) is 11.0. The van der Waals surface area contributed by atoms with E-state index in [9.17, 15) is 8.78 Å². The average molecular weight is 478 g/mol. The van der Waals surface area contributed by atoms with Crippen molar-refractivity contribution in [2.75, 3.05) is 6.61 Å². The summed E-state index contributed by atoms with van der Waals surface area (Å²) in [6.07, 6.45) is 0.586. The van der Waals surface area contributed by atoms with E-state index in [1.807, 2.05) is 43.7 Å². The standard InChI is InChI=1S/C14H18F2O.U/c1-2-3-9-13(14(15)16)11-17-10-12-7-5-4-6-8-12;/h2,4-8,14H,3,9-11H2,1H3;/q-2;+2. The maximum atomic E-state index is 12.6. The van der Waals surface area contributed by atoms with Crippen LogP contribution >= 0.6 is 0 Å². The van der Waals surface area contributed by atoms with E-state index in [4.69, 9.17) is 4.74 Å². The maximum absolute atomic E-state index is 12.6. The number of alkyl halides is 2. The largest absolute Gasteiger partial charge is 2.00 e. The van der Waals surface area contributed by atoms with Gasteiger partial charge in [0.25, 0.3) is 0 Å². The van der Waals surface area contributed by atoms with Crippen LogP contribution in [0.25, 0.3) is 0 Å². The zero-order valence-corrected chi connectivity index (χ0v) is 14.7. The number of hydrogen-bond donors (Lipinski definition) is 0. The van der Waals surface area contributed by atoms with Crippen molar-refractivity contribution in [1.82, 2.24) is 0 Å². The summed E-state index contributed by atoms with van der Waals surface area (Å²) >= 11 is 0. The van der Waals surface area contributed by atoms with Crippen LogP contribution in [0.15, 0.2) is 30.3 Å². The minimum absolute atomic E-state index is 0. The summed E-state index contributed by atoms with van der Waals surface area (Å²) in [5, 5.41) is 0. The Bertz CT molecular complexity index is 293. The summed E-state index contributed by atoms with van der Waals surface area (Å²) in [5.74, 6) is 0.180. The van der Waals surface area contributed by atoms with Gasteiger partial charge in [-0.15, -0.1) is 0 Å². The molecular weight excluding hydrogens is 460 g/mol. The third-order valence-electron chi connectivity index (χ3n) is 2.46. The van der Waals surface area contributed by atoms with Crippen molar-refractivity contribution in [3.63, 3.8) is 0 Å². The van der Waals surface area contributed by atoms with Crippen molar-refractivity contribution in [2.24, 2.45) is 0 Å². The molecule has 0 N–H and O–H groups in total. The molecule has 0 saturated heterocycles. The molecule has 98 valence electrons. The van der Waals surface area contributed by atoms with Crippen molar-refractivity contribution in [3.05, 3.63) is 48.2 Å². The summed E-state index contributed by atoms with van der Waals surface area (Å²) in [4.78, 5) is 0. The number of unbranched alkanes of at least 4 members (excludes halogenated alkanes) is 1. The third-order valence-corrected chi connectivity index (χ3v) is 2.46. The monoisotopic (exact) mass is 478 g/mol. The number of halogens is 2. The number of rotatable bonds is 8. The number of ether oxygens (including phenoxy) is 1. The first-order valence-electron chi connectivity index (χ1n) is 5.76. The second-order valence-corrected chi connectivity index (χ2v) is 3.88. The molecule has 0 atom stereocenters. The van der Waals surface area contributed by atoms with Gasteiger partial charge in [-0.1, -0.05) is 36.9 Å². The van der Waals surface area contributed by atoms with Crippen molar-refractivity contribution >= 4 is 0 Å². The Morgan fingerprint density at radius 2 is 1.94 bits per heavy atom. The summed E-state index contributed by atoms with van der Waals surface area (Å²) in [5.41, 5.74) is 1.00. The molecule has 4 heteroatoms. The van der Waals surface area contributed by atoms with Gasteiger partial charge in [-0.05, 0) is 5.56 Å². The molecule has 0 aliphatic carbocycles. The van der Waals surface area contributed by atoms with Gasteiger partial charge in [0.15, 0.2) is 0 Å². The molecule has 0 aliphatic heterocycles. The predicted octanol–water partition coefficient (Wildman–Crippen LogP) is 4.05. The quantitative estimate of drug-likeness (QED) is 0.513. The van der Waals surface area contributed by atoms with Crippen LogP contribution in [-0.2, 0) is 11.3 Å². The van der Waals surface area contributed by atoms with Gasteiger partial charge in [-0.3, -0.25) is 0 Å². The Morgan fingerprint density at radius 1 is 1.28 bits per heavy atom. The predicted molar refractivity (Wildman–Crippen MR) is 64.6 cm³/mol. The van der Waals surface area contributed by atoms with Gasteiger partial charge < -0.3 is 11.2 Å². The van der Waals surface area contributed by atoms with Crippen molar-refractivity contribution in [2.45, 2.75) is 32.8 Å². The molecule has 0 spiro atoms. The maximum Gasteiger partial charge on any atom is 2.00 e. The van der Waals surface area contributed by atoms with E-state index in [0.29, 0.717) is 19.4 Å². The molecule has 0 aromatic heterocycles. The first-order chi connectivity index (χ1) is 8.24. The minimum atomic E-state index is -2.38. The van der Waals surface area contributed by atoms with Crippen molar-refractivity contribution in [1.29, 1.82) is 0 Å². The van der Waals surface area contributed by atoms with Gasteiger partial charge >= 0.3 is 31.1 Å². The van der Waals surface area contributed by atoms with Crippen LogP contribution in [0.2, 0.25) is 0 Å². The van der Waals surface area contributed by atoms with E-state index in [1.54, 1.807) is 0 Å². The number of benzene rings is 1. The topological polar surface area (TPSA) is 9.23 Å². The van der Waals surface area contributed by atoms with Gasteiger partial charge in [-0.2, -0.15) is 13.3 Å². The first kappa shape index (κ1) is 18.1. The third kappa shape index (κ3) is 7.51. The normalized spacial score (nSPS) is 10.7. The molecule has 0 amide bonds. The Kier molecular flexibility index (Phi) is 11.0. The summed E-state index contributed by atoms with van der Waals surface area (Å²) in [6.45, 7) is 2.29. The van der Waals surface area contributed by atoms with Crippen LogP contribution in [-0.4, -0.2) is 13.0 Å². The van der Waals surface area contributed by atoms with E-state index in [-0.39, 0.29) is 43.6 Å². The molecule has 0 unspecified atom stereocenters. The Labute approximate surface area is 132 Å². The van der Waals surface area contributed by atoms with E-state index < -0.39 is 6.43 Å². The Hall–Kier alpha value is 0.0919. The van der Waals surface area contributed by atoms with Crippen LogP contribution in [0.3, 0.4) is 0 Å². The fraction of sp³-hybridized carbons (Fsp3) is 0.429. The fourth-order valence-electron chi connectivity index (χ4n) is 1.45. The Morgan fingerprint density at radius 3 is 2.50 bits per heavy atom. The first-order valence-corrected chi connectivity index (χ1v) is 5.76. The molecule has 0 fully saturated rings. The van der Waals surface area contributed by atoms with Crippen molar-refractivity contribution < 1.29 is 44.6 Å². The smallest absolute Gasteiger partial charge is 0.408 e. The zero-order valence-electron chi connectivity index (χ0n) is 10.5. The minimum Gasteiger partial charge on any atom is -0.408 e. The zero-order chi connectivity index (χ0) is 12.5. The molecule has 0 heterocycles. The van der Waals surface area contributed by atoms with Gasteiger partial charge in [0.2, 0.25) is 0 Å². The average Bonchev–Trinajstić information content (AvgIpc) is 2.34. The van der Waals surface area contributed by atoms with Gasteiger partial charge in [-0.25, -0.2) is 21.1 Å². The summed E-state index contributed by atoms with van der Waals surface area (Å²) < 4.78 is 30.5. The van der Waals surface area contributed by atoms with Gasteiger partial charge in [0, 0.05) is 0 Å². The van der Waals surface area contributed by atoms with E-state index in [2.05, 4.69) is 0 Å². The van der Waals surface area contributed by atoms with Crippen LogP contribution in [0.1, 0.15) is 25.3 Å². The van der Waals surface area contributed by atoms with E-state index >= 15 is 0 Å². The molecule has 1 rings (SSSR count). The summed E-state index contributed by atoms with van der Waals surface area (Å²) in [7, 11) is 0. The molecule has 1 aromatic rings. The summed E-state index contributed by atoms with van der Waals surface area (Å²) in [6, 6.07) is 9.56. The molecule has 18 heavy (non-hydrogen) atoms. The van der Waals surface area contributed by atoms with Gasteiger partial charge in [0.05, 0.1) is 6.61 Å². The van der Waals surface area contributed by atoms with Gasteiger partial charge in [0.1, 0.15) is 6.43 Å². The molecule has 1 nitrogen and oxygen atoms in total. The molecule has 0 aliphatic rings. The molecule has 0 bridgehead atoms. The van der Waals surface area contributed by atoms with Crippen LogP contribution in [0.4, 0.5) is 8.78 Å². The fourth-order valence-corrected chi connectivity index (χ4v) is 1.45. The van der Waals surface area contributed by atoms with Crippen molar-refractivity contribution in [3.8, 4) is 0 Å². The van der Waals surface area contributed by atoms with E-state index in [1.165, 1.54) is 0 Å². The SMILES string of the molecule is C[CH-]CC[C-](COCc1ccccc1)C(F)F.[U+2]. The Balaban J connectivity index is 0.00000289. The van der Waals surface area contributed by atoms with Crippen LogP contribution in [0, 0.1) is 43.5 Å². The molecule has 1 aromatic carbocycles. The van der Waals surface area contributed by atoms with E-state index in [0.717, 1.165) is 5.56 Å². The van der Waals surface area contributed by atoms with Crippen LogP contribution in [0.5, 0.6) is 0 Å². The molecular formula is C14H18F2OU. The second-order valence-electron chi connectivity index (χ2n) is 3.88. The van der Waals surface area contributed by atoms with Crippen LogP contribution < -0.4 is 0 Å². The molecule has 0 saturated carbocycles. The molecule has 0 radical (unpaired) electrons. The number of hydrogen-bond acceptors (Lipinski definition) is 1.